The van der Waals surface area contributed by atoms with Gasteiger partial charge in [0, 0.05) is 24.2 Å². The highest BCUT2D eigenvalue weighted by molar-refractivity contribution is 6.37. The third kappa shape index (κ3) is 8.21. The number of nitrogens with zero attached hydrogens (tertiary/aromatic N) is 3. The molecule has 2 aromatic rings. The van der Waals surface area contributed by atoms with Crippen LogP contribution in [0.5, 0.6) is 5.75 Å². The monoisotopic (exact) mass is 547 g/mol. The standard InChI is InChI=1S/C29H36F3N3O4/c1-18(2)35(37)16-21-7-8-23(24(30)13-21)22-14-25(31)27(26(32)15-22)38-17-20-9-11-34(12-10-20)28(36)19(3)33-39-29(4,5)6/h7-8,13-16,18,20H,9-12,17H2,1-6H3/b33-19-,35-16-. The van der Waals surface area contributed by atoms with Crippen molar-refractivity contribution in [2.24, 2.45) is 11.1 Å². The van der Waals surface area contributed by atoms with Gasteiger partial charge >= 0.3 is 0 Å². The minimum atomic E-state index is -0.941. The number of carbonyl (C=O) groups is 1. The van der Waals surface area contributed by atoms with Gasteiger partial charge < -0.3 is 19.7 Å². The van der Waals surface area contributed by atoms with Crippen molar-refractivity contribution in [3.05, 3.63) is 58.6 Å². The fourth-order valence-corrected chi connectivity index (χ4v) is 3.97. The van der Waals surface area contributed by atoms with Crippen LogP contribution in [0.4, 0.5) is 13.2 Å². The molecule has 0 bridgehead atoms. The smallest absolute Gasteiger partial charge is 0.271 e. The number of halogens is 3. The van der Waals surface area contributed by atoms with Gasteiger partial charge in [-0.3, -0.25) is 4.79 Å². The lowest BCUT2D eigenvalue weighted by molar-refractivity contribution is -0.487. The van der Waals surface area contributed by atoms with Crippen molar-refractivity contribution in [1.82, 2.24) is 4.90 Å². The van der Waals surface area contributed by atoms with E-state index in [1.807, 2.05) is 20.8 Å². The summed E-state index contributed by atoms with van der Waals surface area (Å²) in [6.07, 6.45) is 2.46. The lowest BCUT2D eigenvalue weighted by Crippen LogP contribution is -2.42. The van der Waals surface area contributed by atoms with E-state index in [1.165, 1.54) is 18.3 Å². The molecule has 1 aliphatic rings. The summed E-state index contributed by atoms with van der Waals surface area (Å²) in [5, 5.41) is 15.7. The zero-order chi connectivity index (χ0) is 28.9. The molecule has 0 spiro atoms. The molecule has 7 nitrogen and oxygen atoms in total. The maximum Gasteiger partial charge on any atom is 0.271 e. The van der Waals surface area contributed by atoms with Gasteiger partial charge in [0.1, 0.15) is 17.1 Å². The predicted octanol–water partition coefficient (Wildman–Crippen LogP) is 5.92. The zero-order valence-corrected chi connectivity index (χ0v) is 23.3. The summed E-state index contributed by atoms with van der Waals surface area (Å²) in [5.41, 5.74) is 0.122. The Morgan fingerprint density at radius 1 is 1.13 bits per heavy atom. The molecule has 0 aliphatic carbocycles. The SMILES string of the molecule is C/C(=N/OC(C)(C)C)C(=O)N1CCC(COc2c(F)cc(-c3ccc(/C=[N+](\[O-])C(C)C)cc3F)cc2F)CC1. The largest absolute Gasteiger partial charge is 0.624 e. The topological polar surface area (TPSA) is 77.2 Å². The number of oxime groups is 1. The molecule has 1 saturated heterocycles. The molecule has 0 atom stereocenters. The van der Waals surface area contributed by atoms with Crippen molar-refractivity contribution < 1.29 is 32.3 Å². The molecule has 39 heavy (non-hydrogen) atoms. The summed E-state index contributed by atoms with van der Waals surface area (Å²) >= 11 is 0. The Hall–Kier alpha value is -3.56. The van der Waals surface area contributed by atoms with E-state index in [-0.39, 0.29) is 41.3 Å². The van der Waals surface area contributed by atoms with Gasteiger partial charge in [-0.1, -0.05) is 11.2 Å². The highest BCUT2D eigenvalue weighted by Gasteiger charge is 2.26. The van der Waals surface area contributed by atoms with Crippen molar-refractivity contribution in [3.63, 3.8) is 0 Å². The van der Waals surface area contributed by atoms with E-state index >= 15 is 0 Å². The number of hydroxylamine groups is 1. The normalized spacial score (nSPS) is 15.6. The van der Waals surface area contributed by atoms with Crippen molar-refractivity contribution in [1.29, 1.82) is 0 Å². The molecular weight excluding hydrogens is 511 g/mol. The summed E-state index contributed by atoms with van der Waals surface area (Å²) < 4.78 is 50.5. The second-order valence-electron chi connectivity index (χ2n) is 11.0. The van der Waals surface area contributed by atoms with E-state index in [1.54, 1.807) is 25.7 Å². The van der Waals surface area contributed by atoms with Crippen LogP contribution in [0.1, 0.15) is 59.9 Å². The van der Waals surface area contributed by atoms with E-state index in [0.29, 0.717) is 36.2 Å². The third-order valence-corrected chi connectivity index (χ3v) is 6.22. The van der Waals surface area contributed by atoms with Crippen LogP contribution in [-0.2, 0) is 9.63 Å². The van der Waals surface area contributed by atoms with Crippen LogP contribution in [0.15, 0.2) is 35.5 Å². The molecule has 10 heteroatoms. The maximum atomic E-state index is 14.8. The molecule has 0 unspecified atom stereocenters. The minimum Gasteiger partial charge on any atom is -0.624 e. The van der Waals surface area contributed by atoms with Gasteiger partial charge in [0.15, 0.2) is 29.6 Å². The van der Waals surface area contributed by atoms with Gasteiger partial charge in [-0.15, -0.1) is 0 Å². The van der Waals surface area contributed by atoms with Crippen LogP contribution < -0.4 is 4.74 Å². The molecule has 0 radical (unpaired) electrons. The van der Waals surface area contributed by atoms with Crippen LogP contribution in [0.2, 0.25) is 0 Å². The first kappa shape index (κ1) is 30.0. The van der Waals surface area contributed by atoms with Gasteiger partial charge in [0.05, 0.1) is 6.61 Å². The Balaban J connectivity index is 1.61. The summed E-state index contributed by atoms with van der Waals surface area (Å²) in [7, 11) is 0. The van der Waals surface area contributed by atoms with Gasteiger partial charge in [-0.25, -0.2) is 17.9 Å². The quantitative estimate of drug-likeness (QED) is 0.178. The van der Waals surface area contributed by atoms with Crippen molar-refractivity contribution in [3.8, 4) is 16.9 Å². The Labute approximate surface area is 227 Å². The summed E-state index contributed by atoms with van der Waals surface area (Å²) in [4.78, 5) is 19.6. The molecule has 1 heterocycles. The second kappa shape index (κ2) is 12.5. The van der Waals surface area contributed by atoms with Gasteiger partial charge in [-0.05, 0) is 90.1 Å². The number of piperidine rings is 1. The Morgan fingerprint density at radius 3 is 2.28 bits per heavy atom. The van der Waals surface area contributed by atoms with E-state index in [9.17, 15) is 23.2 Å². The van der Waals surface area contributed by atoms with Crippen LogP contribution in [0.3, 0.4) is 0 Å². The van der Waals surface area contributed by atoms with E-state index in [2.05, 4.69) is 5.16 Å². The van der Waals surface area contributed by atoms with Gasteiger partial charge in [0.2, 0.25) is 0 Å². The molecule has 1 fully saturated rings. The molecule has 1 aliphatic heterocycles. The van der Waals surface area contributed by atoms with Gasteiger partial charge in [-0.2, -0.15) is 0 Å². The number of hydrogen-bond acceptors (Lipinski definition) is 5. The zero-order valence-electron chi connectivity index (χ0n) is 23.3. The van der Waals surface area contributed by atoms with Crippen molar-refractivity contribution >= 4 is 17.8 Å². The fourth-order valence-electron chi connectivity index (χ4n) is 3.97. The number of benzene rings is 2. The molecule has 0 saturated carbocycles. The summed E-state index contributed by atoms with van der Waals surface area (Å²) in [6, 6.07) is 5.77. The lowest BCUT2D eigenvalue weighted by Gasteiger charge is -2.31. The molecule has 2 aromatic carbocycles. The minimum absolute atomic E-state index is 0.00210. The average molecular weight is 548 g/mol. The molecule has 3 rings (SSSR count). The molecule has 1 amide bonds. The van der Waals surface area contributed by atoms with Crippen molar-refractivity contribution in [2.75, 3.05) is 19.7 Å². The molecular formula is C29H36F3N3O4. The highest BCUT2D eigenvalue weighted by Crippen LogP contribution is 2.31. The van der Waals surface area contributed by atoms with Crippen LogP contribution in [0.25, 0.3) is 11.1 Å². The van der Waals surface area contributed by atoms with Crippen LogP contribution in [0, 0.1) is 28.6 Å². The van der Waals surface area contributed by atoms with Crippen LogP contribution in [-0.4, -0.2) is 58.8 Å². The Morgan fingerprint density at radius 2 is 1.74 bits per heavy atom. The number of likely N-dealkylation sites (tertiary alicyclic amines) is 1. The number of amides is 1. The number of hydrogen-bond donors (Lipinski definition) is 0. The Kier molecular flexibility index (Phi) is 9.63. The van der Waals surface area contributed by atoms with Crippen LogP contribution >= 0.6 is 0 Å². The molecule has 0 N–H and O–H groups in total. The number of rotatable bonds is 8. The van der Waals surface area contributed by atoms with E-state index in [0.717, 1.165) is 18.2 Å². The molecule has 212 valence electrons. The number of ether oxygens (including phenoxy) is 1. The maximum absolute atomic E-state index is 14.8. The fraction of sp³-hybridized carbons (Fsp3) is 0.483. The average Bonchev–Trinajstić information content (AvgIpc) is 2.86. The third-order valence-electron chi connectivity index (χ3n) is 6.22. The number of carbonyl (C=O) groups excluding carboxylic acids is 1. The summed E-state index contributed by atoms with van der Waals surface area (Å²) in [6.45, 7) is 11.5. The van der Waals surface area contributed by atoms with E-state index in [4.69, 9.17) is 9.57 Å². The van der Waals surface area contributed by atoms with Crippen molar-refractivity contribution in [2.45, 2.75) is 66.0 Å². The second-order valence-corrected chi connectivity index (χ2v) is 11.0. The lowest BCUT2D eigenvalue weighted by atomic mass is 9.97. The van der Waals surface area contributed by atoms with Gasteiger partial charge in [0.25, 0.3) is 5.91 Å². The van der Waals surface area contributed by atoms with E-state index < -0.39 is 28.8 Å². The first-order chi connectivity index (χ1) is 18.2. The summed E-state index contributed by atoms with van der Waals surface area (Å²) in [5.74, 6) is -3.32. The first-order valence-corrected chi connectivity index (χ1v) is 13.0. The molecule has 0 aromatic heterocycles. The highest BCUT2D eigenvalue weighted by atomic mass is 19.1. The Bertz CT molecular complexity index is 1220. The first-order valence-electron chi connectivity index (χ1n) is 13.0. The predicted molar refractivity (Wildman–Crippen MR) is 144 cm³/mol.